The van der Waals surface area contributed by atoms with Gasteiger partial charge in [0, 0.05) is 19.4 Å². The SMILES string of the molecule is C#CCCCCC(=O)NCC1O[C@H](O[C@H]2OC(CO)[C@@H](O)C(O)[C@H]2O)C(O)[C@@H](O)[C@@H]1O. The molecule has 0 spiro atoms. The van der Waals surface area contributed by atoms with Crippen LogP contribution in [0, 0.1) is 12.3 Å². The number of nitrogens with one attached hydrogen (secondary N) is 1. The Morgan fingerprint density at radius 2 is 1.42 bits per heavy atom. The highest BCUT2D eigenvalue weighted by Gasteiger charge is 2.49. The first-order valence-corrected chi connectivity index (χ1v) is 10.1. The molecule has 2 heterocycles. The summed E-state index contributed by atoms with van der Waals surface area (Å²) in [5.74, 6) is 2.15. The molecular weight excluding hydrogens is 418 g/mol. The Balaban J connectivity index is 1.94. The third-order valence-electron chi connectivity index (χ3n) is 5.26. The lowest BCUT2D eigenvalue weighted by Crippen LogP contribution is -2.64. The molecule has 8 N–H and O–H groups in total. The number of hydrogen-bond acceptors (Lipinski definition) is 11. The molecule has 31 heavy (non-hydrogen) atoms. The van der Waals surface area contributed by atoms with Crippen LogP contribution < -0.4 is 5.32 Å². The number of hydrogen-bond donors (Lipinski definition) is 8. The lowest BCUT2D eigenvalue weighted by Gasteiger charge is -2.44. The Labute approximate surface area is 179 Å². The number of aliphatic hydroxyl groups is 7. The normalized spacial score (nSPS) is 40.8. The maximum Gasteiger partial charge on any atom is 0.220 e. The van der Waals surface area contributed by atoms with E-state index in [-0.39, 0.29) is 18.9 Å². The average molecular weight is 449 g/mol. The molecule has 0 aromatic heterocycles. The molecule has 2 aliphatic heterocycles. The molecule has 0 aliphatic carbocycles. The predicted octanol–water partition coefficient (Wildman–Crippen LogP) is -4.08. The summed E-state index contributed by atoms with van der Waals surface area (Å²) < 4.78 is 16.0. The average Bonchev–Trinajstić information content (AvgIpc) is 2.76. The third-order valence-corrected chi connectivity index (χ3v) is 5.26. The minimum Gasteiger partial charge on any atom is -0.394 e. The van der Waals surface area contributed by atoms with Crippen molar-refractivity contribution in [3.8, 4) is 12.3 Å². The summed E-state index contributed by atoms with van der Waals surface area (Å²) in [5, 5.41) is 71.9. The molecule has 0 bridgehead atoms. The van der Waals surface area contributed by atoms with Gasteiger partial charge in [0.05, 0.1) is 6.61 Å². The van der Waals surface area contributed by atoms with E-state index in [1.54, 1.807) is 0 Å². The van der Waals surface area contributed by atoms with Crippen molar-refractivity contribution >= 4 is 5.91 Å². The maximum atomic E-state index is 11.9. The quantitative estimate of drug-likeness (QED) is 0.126. The topological polar surface area (TPSA) is 198 Å². The highest BCUT2D eigenvalue weighted by atomic mass is 16.8. The van der Waals surface area contributed by atoms with Gasteiger partial charge in [0.25, 0.3) is 0 Å². The molecule has 0 aromatic carbocycles. The molecule has 1 amide bonds. The Hall–Kier alpha value is -1.37. The number of amides is 1. The van der Waals surface area contributed by atoms with Crippen LogP contribution in [0.4, 0.5) is 0 Å². The summed E-state index contributed by atoms with van der Waals surface area (Å²) in [6, 6.07) is 0. The number of aliphatic hydroxyl groups excluding tert-OH is 7. The van der Waals surface area contributed by atoms with Gasteiger partial charge in [-0.1, -0.05) is 0 Å². The molecule has 12 nitrogen and oxygen atoms in total. The van der Waals surface area contributed by atoms with Crippen molar-refractivity contribution in [3.05, 3.63) is 0 Å². The van der Waals surface area contributed by atoms with Crippen LogP contribution in [0.2, 0.25) is 0 Å². The first-order chi connectivity index (χ1) is 14.7. The second-order valence-corrected chi connectivity index (χ2v) is 7.56. The van der Waals surface area contributed by atoms with Crippen LogP contribution in [-0.4, -0.2) is 116 Å². The Morgan fingerprint density at radius 1 is 0.871 bits per heavy atom. The summed E-state index contributed by atoms with van der Waals surface area (Å²) in [5.41, 5.74) is 0. The second-order valence-electron chi connectivity index (χ2n) is 7.56. The molecular formula is C19H31NO11. The highest BCUT2D eigenvalue weighted by molar-refractivity contribution is 5.75. The first kappa shape index (κ1) is 25.9. The maximum absolute atomic E-state index is 11.9. The summed E-state index contributed by atoms with van der Waals surface area (Å²) >= 11 is 0. The molecule has 2 saturated heterocycles. The van der Waals surface area contributed by atoms with E-state index < -0.39 is 68.0 Å². The van der Waals surface area contributed by atoms with Crippen molar-refractivity contribution < 1.29 is 54.8 Å². The van der Waals surface area contributed by atoms with Crippen LogP contribution in [0.3, 0.4) is 0 Å². The molecule has 2 fully saturated rings. The lowest BCUT2D eigenvalue weighted by molar-refractivity contribution is -0.374. The van der Waals surface area contributed by atoms with Crippen molar-refractivity contribution in [1.82, 2.24) is 5.32 Å². The number of carbonyl (C=O) groups is 1. The Bertz CT molecular complexity index is 612. The van der Waals surface area contributed by atoms with Crippen LogP contribution in [-0.2, 0) is 19.0 Å². The fourth-order valence-corrected chi connectivity index (χ4v) is 3.33. The van der Waals surface area contributed by atoms with E-state index >= 15 is 0 Å². The van der Waals surface area contributed by atoms with E-state index in [0.29, 0.717) is 19.3 Å². The molecule has 178 valence electrons. The number of terminal acetylenes is 1. The standard InChI is InChI=1S/C19H31NO11/c1-2-3-4-5-6-11(22)20-7-9-12(23)14(25)16(27)18(29-9)31-19-17(28)15(26)13(24)10(8-21)30-19/h1,9-10,12-19,21,23-28H,3-8H2,(H,20,22)/t9?,10?,12-,13-,14+,15?,16?,17-,18-,19-/m1/s1. The molecule has 2 aliphatic rings. The smallest absolute Gasteiger partial charge is 0.220 e. The minimum absolute atomic E-state index is 0.201. The lowest BCUT2D eigenvalue weighted by atomic mass is 9.98. The van der Waals surface area contributed by atoms with Gasteiger partial charge in [-0.15, -0.1) is 12.3 Å². The van der Waals surface area contributed by atoms with Gasteiger partial charge in [0.1, 0.15) is 48.8 Å². The van der Waals surface area contributed by atoms with Gasteiger partial charge in [-0.25, -0.2) is 0 Å². The Kier molecular flexibility index (Phi) is 10.0. The summed E-state index contributed by atoms with van der Waals surface area (Å²) in [7, 11) is 0. The largest absolute Gasteiger partial charge is 0.394 e. The van der Waals surface area contributed by atoms with E-state index in [1.165, 1.54) is 0 Å². The molecule has 2 rings (SSSR count). The van der Waals surface area contributed by atoms with E-state index in [2.05, 4.69) is 11.2 Å². The molecule has 0 saturated carbocycles. The van der Waals surface area contributed by atoms with Crippen LogP contribution >= 0.6 is 0 Å². The van der Waals surface area contributed by atoms with E-state index in [1.807, 2.05) is 0 Å². The van der Waals surface area contributed by atoms with Gasteiger partial charge >= 0.3 is 0 Å². The van der Waals surface area contributed by atoms with Gasteiger partial charge < -0.3 is 55.3 Å². The zero-order valence-electron chi connectivity index (χ0n) is 16.9. The van der Waals surface area contributed by atoms with Crippen molar-refractivity contribution in [2.75, 3.05) is 13.2 Å². The fourth-order valence-electron chi connectivity index (χ4n) is 3.33. The molecule has 0 aromatic rings. The Morgan fingerprint density at radius 3 is 1.97 bits per heavy atom. The van der Waals surface area contributed by atoms with Gasteiger partial charge in [0.2, 0.25) is 5.91 Å². The third kappa shape index (κ3) is 6.56. The van der Waals surface area contributed by atoms with Crippen LogP contribution in [0.25, 0.3) is 0 Å². The highest BCUT2D eigenvalue weighted by Crippen LogP contribution is 2.28. The summed E-state index contributed by atoms with van der Waals surface area (Å²) in [4.78, 5) is 11.9. The molecule has 4 unspecified atom stereocenters. The van der Waals surface area contributed by atoms with Gasteiger partial charge in [0.15, 0.2) is 12.6 Å². The molecule has 10 atom stereocenters. The number of rotatable bonds is 9. The van der Waals surface area contributed by atoms with Crippen molar-refractivity contribution in [2.45, 2.75) is 87.1 Å². The minimum atomic E-state index is -1.75. The first-order valence-electron chi connectivity index (χ1n) is 10.1. The monoisotopic (exact) mass is 449 g/mol. The zero-order valence-corrected chi connectivity index (χ0v) is 16.9. The number of unbranched alkanes of at least 4 members (excludes halogenated alkanes) is 2. The number of ether oxygens (including phenoxy) is 3. The summed E-state index contributed by atoms with van der Waals surface area (Å²) in [6.45, 7) is -0.885. The van der Waals surface area contributed by atoms with E-state index in [9.17, 15) is 40.5 Å². The number of carbonyl (C=O) groups excluding carboxylic acids is 1. The van der Waals surface area contributed by atoms with Crippen LogP contribution in [0.1, 0.15) is 25.7 Å². The fraction of sp³-hybridized carbons (Fsp3) is 0.842. The van der Waals surface area contributed by atoms with Crippen LogP contribution in [0.15, 0.2) is 0 Å². The van der Waals surface area contributed by atoms with Gasteiger partial charge in [-0.05, 0) is 12.8 Å². The van der Waals surface area contributed by atoms with Gasteiger partial charge in [-0.3, -0.25) is 4.79 Å². The van der Waals surface area contributed by atoms with Crippen molar-refractivity contribution in [1.29, 1.82) is 0 Å². The second kappa shape index (κ2) is 12.0. The summed E-state index contributed by atoms with van der Waals surface area (Å²) in [6.07, 6.45) is -8.55. The van der Waals surface area contributed by atoms with Crippen molar-refractivity contribution in [3.63, 3.8) is 0 Å². The molecule has 12 heteroatoms. The molecule has 0 radical (unpaired) electrons. The van der Waals surface area contributed by atoms with E-state index in [4.69, 9.17) is 20.6 Å². The van der Waals surface area contributed by atoms with Gasteiger partial charge in [-0.2, -0.15) is 0 Å². The van der Waals surface area contributed by atoms with Crippen LogP contribution in [0.5, 0.6) is 0 Å². The van der Waals surface area contributed by atoms with E-state index in [0.717, 1.165) is 0 Å². The van der Waals surface area contributed by atoms with Crippen molar-refractivity contribution in [2.24, 2.45) is 0 Å². The predicted molar refractivity (Wildman–Crippen MR) is 102 cm³/mol. The zero-order chi connectivity index (χ0) is 23.1.